The lowest BCUT2D eigenvalue weighted by molar-refractivity contribution is 0.530. The van der Waals surface area contributed by atoms with Gasteiger partial charge in [0.2, 0.25) is 0 Å². The molecule has 2 rings (SSSR count). The van der Waals surface area contributed by atoms with Crippen molar-refractivity contribution in [3.05, 3.63) is 41.5 Å². The fourth-order valence-electron chi connectivity index (χ4n) is 1.58. The van der Waals surface area contributed by atoms with E-state index in [0.29, 0.717) is 12.2 Å². The molecule has 0 amide bonds. The molecule has 2 aromatic rings. The zero-order chi connectivity index (χ0) is 12.3. The molecule has 1 aromatic heterocycles. The summed E-state index contributed by atoms with van der Waals surface area (Å²) in [6.07, 6.45) is 0.452. The maximum Gasteiger partial charge on any atom is 0.176 e. The first-order valence-corrected chi connectivity index (χ1v) is 5.13. The van der Waals surface area contributed by atoms with Crippen LogP contribution in [0.2, 0.25) is 0 Å². The van der Waals surface area contributed by atoms with Crippen LogP contribution in [0.15, 0.2) is 24.3 Å². The first-order valence-electron chi connectivity index (χ1n) is 5.13. The van der Waals surface area contributed by atoms with Gasteiger partial charge >= 0.3 is 0 Å². The monoisotopic (exact) mass is 236 g/mol. The van der Waals surface area contributed by atoms with Crippen molar-refractivity contribution in [3.8, 4) is 0 Å². The van der Waals surface area contributed by atoms with E-state index in [1.807, 2.05) is 0 Å². The van der Waals surface area contributed by atoms with Gasteiger partial charge in [0, 0.05) is 6.42 Å². The van der Waals surface area contributed by atoms with Gasteiger partial charge in [-0.05, 0) is 22.9 Å². The Morgan fingerprint density at radius 1 is 1.53 bits per heavy atom. The Kier molecular flexibility index (Phi) is 3.40. The summed E-state index contributed by atoms with van der Waals surface area (Å²) >= 11 is 0. The number of rotatable bonds is 4. The predicted octanol–water partition coefficient (Wildman–Crippen LogP) is 0.0963. The quantitative estimate of drug-likeness (QED) is 0.581. The number of nitrogens with zero attached hydrogens (tertiary/aromatic N) is 4. The van der Waals surface area contributed by atoms with Gasteiger partial charge in [-0.15, -0.1) is 10.2 Å². The van der Waals surface area contributed by atoms with Crippen molar-refractivity contribution in [1.29, 1.82) is 0 Å². The topological polar surface area (TPSA) is 81.7 Å². The van der Waals surface area contributed by atoms with Crippen molar-refractivity contribution in [2.45, 2.75) is 12.5 Å². The number of aromatic nitrogens is 4. The fourth-order valence-corrected chi connectivity index (χ4v) is 1.58. The smallest absolute Gasteiger partial charge is 0.176 e. The minimum atomic E-state index is -0.296. The molecule has 17 heavy (non-hydrogen) atoms. The van der Waals surface area contributed by atoms with Crippen molar-refractivity contribution in [1.82, 2.24) is 25.6 Å². The average molecular weight is 236 g/mol. The fraction of sp³-hybridized carbons (Fsp3) is 0.300. The number of hydrogen-bond donors (Lipinski definition) is 2. The molecule has 0 spiro atoms. The maximum atomic E-state index is 13.1. The predicted molar refractivity (Wildman–Crippen MR) is 59.0 cm³/mol. The van der Waals surface area contributed by atoms with Gasteiger partial charge in [-0.2, -0.15) is 4.80 Å². The van der Waals surface area contributed by atoms with Crippen LogP contribution in [0.5, 0.6) is 0 Å². The van der Waals surface area contributed by atoms with Gasteiger partial charge in [-0.1, -0.05) is 12.1 Å². The summed E-state index contributed by atoms with van der Waals surface area (Å²) in [5.41, 5.74) is 3.37. The Morgan fingerprint density at radius 3 is 2.94 bits per heavy atom. The summed E-state index contributed by atoms with van der Waals surface area (Å²) in [6, 6.07) is 6.01. The molecule has 0 radical (unpaired) electrons. The van der Waals surface area contributed by atoms with E-state index in [2.05, 4.69) is 20.8 Å². The van der Waals surface area contributed by atoms with Gasteiger partial charge in [-0.3, -0.25) is 11.3 Å². The van der Waals surface area contributed by atoms with Crippen molar-refractivity contribution < 1.29 is 4.39 Å². The highest BCUT2D eigenvalue weighted by molar-refractivity contribution is 5.20. The molecule has 0 aliphatic heterocycles. The van der Waals surface area contributed by atoms with Crippen LogP contribution in [-0.2, 0) is 13.5 Å². The number of hydrogen-bond acceptors (Lipinski definition) is 5. The van der Waals surface area contributed by atoms with Gasteiger partial charge in [-0.25, -0.2) is 4.39 Å². The molecule has 7 heteroatoms. The molecule has 1 unspecified atom stereocenters. The summed E-state index contributed by atoms with van der Waals surface area (Å²) in [6.45, 7) is 0. The highest BCUT2D eigenvalue weighted by Gasteiger charge is 2.14. The largest absolute Gasteiger partial charge is 0.271 e. The van der Waals surface area contributed by atoms with Crippen LogP contribution in [0.4, 0.5) is 4.39 Å². The highest BCUT2D eigenvalue weighted by Crippen LogP contribution is 2.16. The maximum absolute atomic E-state index is 13.1. The Labute approximate surface area is 97.6 Å². The second kappa shape index (κ2) is 4.98. The number of aryl methyl sites for hydroxylation is 1. The van der Waals surface area contributed by atoms with Gasteiger partial charge < -0.3 is 0 Å². The molecule has 1 aromatic carbocycles. The van der Waals surface area contributed by atoms with Crippen LogP contribution in [0.25, 0.3) is 0 Å². The number of benzene rings is 1. The van der Waals surface area contributed by atoms with Crippen molar-refractivity contribution in [2.24, 2.45) is 12.9 Å². The van der Waals surface area contributed by atoms with Crippen LogP contribution in [-0.4, -0.2) is 20.2 Å². The molecule has 0 saturated heterocycles. The second-order valence-electron chi connectivity index (χ2n) is 3.67. The third-order valence-electron chi connectivity index (χ3n) is 2.39. The normalized spacial score (nSPS) is 12.6. The molecule has 0 saturated carbocycles. The van der Waals surface area contributed by atoms with Gasteiger partial charge in [0.05, 0.1) is 13.1 Å². The van der Waals surface area contributed by atoms with E-state index in [-0.39, 0.29) is 11.9 Å². The summed E-state index contributed by atoms with van der Waals surface area (Å²) in [4.78, 5) is 1.37. The lowest BCUT2D eigenvalue weighted by Gasteiger charge is -2.14. The number of tetrazole rings is 1. The van der Waals surface area contributed by atoms with Gasteiger partial charge in [0.15, 0.2) is 5.82 Å². The van der Waals surface area contributed by atoms with E-state index in [0.717, 1.165) is 5.56 Å². The second-order valence-corrected chi connectivity index (χ2v) is 3.67. The summed E-state index contributed by atoms with van der Waals surface area (Å²) in [5, 5.41) is 11.6. The summed E-state index contributed by atoms with van der Waals surface area (Å²) in [5.74, 6) is 5.71. The van der Waals surface area contributed by atoms with Gasteiger partial charge in [0.1, 0.15) is 5.82 Å². The molecular weight excluding hydrogens is 223 g/mol. The first-order chi connectivity index (χ1) is 8.19. The van der Waals surface area contributed by atoms with Crippen molar-refractivity contribution in [3.63, 3.8) is 0 Å². The van der Waals surface area contributed by atoms with E-state index in [4.69, 9.17) is 5.84 Å². The molecule has 3 N–H and O–H groups in total. The van der Waals surface area contributed by atoms with E-state index in [9.17, 15) is 4.39 Å². The van der Waals surface area contributed by atoms with Crippen molar-refractivity contribution >= 4 is 0 Å². The summed E-state index contributed by atoms with van der Waals surface area (Å²) < 4.78 is 13.1. The van der Waals surface area contributed by atoms with Crippen LogP contribution < -0.4 is 11.3 Å². The van der Waals surface area contributed by atoms with Crippen LogP contribution in [0, 0.1) is 5.82 Å². The number of nitrogens with one attached hydrogen (secondary N) is 1. The zero-order valence-electron chi connectivity index (χ0n) is 9.34. The Balaban J connectivity index is 2.16. The Morgan fingerprint density at radius 2 is 2.35 bits per heavy atom. The van der Waals surface area contributed by atoms with Crippen LogP contribution in [0.1, 0.15) is 17.4 Å². The van der Waals surface area contributed by atoms with Crippen molar-refractivity contribution in [2.75, 3.05) is 0 Å². The minimum Gasteiger partial charge on any atom is -0.271 e. The summed E-state index contributed by atoms with van der Waals surface area (Å²) in [7, 11) is 1.68. The number of hydrazine groups is 1. The van der Waals surface area contributed by atoms with E-state index in [1.54, 1.807) is 19.2 Å². The van der Waals surface area contributed by atoms with Crippen LogP contribution in [0.3, 0.4) is 0 Å². The third-order valence-corrected chi connectivity index (χ3v) is 2.39. The number of nitrogens with two attached hydrogens (primary N) is 1. The molecular formula is C10H13FN6. The SMILES string of the molecule is Cn1nnc(CC(NN)c2cccc(F)c2)n1. The van der Waals surface area contributed by atoms with Gasteiger partial charge in [0.25, 0.3) is 0 Å². The number of halogens is 1. The molecule has 90 valence electrons. The zero-order valence-corrected chi connectivity index (χ0v) is 9.34. The highest BCUT2D eigenvalue weighted by atomic mass is 19.1. The molecule has 6 nitrogen and oxygen atoms in total. The van der Waals surface area contributed by atoms with E-state index in [1.165, 1.54) is 16.9 Å². The minimum absolute atomic E-state index is 0.241. The molecule has 0 aliphatic rings. The molecule has 0 fully saturated rings. The molecule has 0 aliphatic carbocycles. The standard InChI is InChI=1S/C10H13FN6/c1-17-15-10(14-16-17)6-9(13-12)7-3-2-4-8(11)5-7/h2-5,9,13H,6,12H2,1H3. The Hall–Kier alpha value is -1.86. The average Bonchev–Trinajstić information content (AvgIpc) is 2.72. The Bertz CT molecular complexity index is 497. The lowest BCUT2D eigenvalue weighted by Crippen LogP contribution is -2.30. The van der Waals surface area contributed by atoms with E-state index >= 15 is 0 Å². The lowest BCUT2D eigenvalue weighted by atomic mass is 10.0. The van der Waals surface area contributed by atoms with Crippen LogP contribution >= 0.6 is 0 Å². The first kappa shape index (κ1) is 11.6. The molecule has 0 bridgehead atoms. The third kappa shape index (κ3) is 2.83. The molecule has 1 atom stereocenters. The van der Waals surface area contributed by atoms with E-state index < -0.39 is 0 Å². The molecule has 1 heterocycles.